The number of piperidine rings is 1. The topological polar surface area (TPSA) is 95.6 Å². The summed E-state index contributed by atoms with van der Waals surface area (Å²) in [6, 6.07) is 4.39. The van der Waals surface area contributed by atoms with E-state index in [0.29, 0.717) is 24.2 Å². The first-order valence-corrected chi connectivity index (χ1v) is 7.20. The molecule has 1 saturated heterocycles. The minimum Gasteiger partial charge on any atom is -0.323 e. The molecule has 1 atom stereocenters. The lowest BCUT2D eigenvalue weighted by molar-refractivity contribution is -0.136. The standard InChI is InChI=1S/C16H15N3O4/c1-2-13(20)17-10-4-3-9-8-19(16(23)11(9)7-10)12-5-6-14(21)18-15(12)22/h2-4,7,12H,1,5-6,8H2,(H,17,20)(H,18,21,22). The van der Waals surface area contributed by atoms with E-state index in [-0.39, 0.29) is 24.1 Å². The van der Waals surface area contributed by atoms with Crippen LogP contribution in [0, 0.1) is 0 Å². The smallest absolute Gasteiger partial charge is 0.255 e. The van der Waals surface area contributed by atoms with E-state index < -0.39 is 11.9 Å². The summed E-state index contributed by atoms with van der Waals surface area (Å²) in [5, 5.41) is 4.86. The van der Waals surface area contributed by atoms with Crippen LogP contribution >= 0.6 is 0 Å². The maximum Gasteiger partial charge on any atom is 0.255 e. The third-order valence-electron chi connectivity index (χ3n) is 3.98. The van der Waals surface area contributed by atoms with Crippen molar-refractivity contribution in [3.63, 3.8) is 0 Å². The normalized spacial score (nSPS) is 20.1. The molecule has 0 saturated carbocycles. The molecule has 0 aliphatic carbocycles. The van der Waals surface area contributed by atoms with Crippen LogP contribution in [0.5, 0.6) is 0 Å². The fourth-order valence-electron chi connectivity index (χ4n) is 2.83. The summed E-state index contributed by atoms with van der Waals surface area (Å²) in [7, 11) is 0. The zero-order valence-electron chi connectivity index (χ0n) is 12.3. The van der Waals surface area contributed by atoms with E-state index in [1.165, 1.54) is 4.90 Å². The Kier molecular flexibility index (Phi) is 3.69. The lowest BCUT2D eigenvalue weighted by atomic mass is 10.0. The van der Waals surface area contributed by atoms with Gasteiger partial charge < -0.3 is 10.2 Å². The van der Waals surface area contributed by atoms with E-state index in [1.54, 1.807) is 18.2 Å². The Labute approximate surface area is 132 Å². The number of carbonyl (C=O) groups excluding carboxylic acids is 4. The summed E-state index contributed by atoms with van der Waals surface area (Å²) in [5.41, 5.74) is 1.74. The number of hydrogen-bond acceptors (Lipinski definition) is 4. The first-order chi connectivity index (χ1) is 11.0. The number of rotatable bonds is 3. The van der Waals surface area contributed by atoms with Crippen LogP contribution in [0.3, 0.4) is 0 Å². The van der Waals surface area contributed by atoms with Crippen LogP contribution in [0.4, 0.5) is 5.69 Å². The highest BCUT2D eigenvalue weighted by molar-refractivity contribution is 6.06. The van der Waals surface area contributed by atoms with E-state index >= 15 is 0 Å². The zero-order chi connectivity index (χ0) is 16.6. The van der Waals surface area contributed by atoms with Crippen molar-refractivity contribution >= 4 is 29.3 Å². The second-order valence-electron chi connectivity index (χ2n) is 5.47. The number of anilines is 1. The third kappa shape index (κ3) is 2.73. The van der Waals surface area contributed by atoms with Gasteiger partial charge in [-0.3, -0.25) is 24.5 Å². The minimum absolute atomic E-state index is 0.219. The highest BCUT2D eigenvalue weighted by atomic mass is 16.2. The molecule has 7 nitrogen and oxygen atoms in total. The largest absolute Gasteiger partial charge is 0.323 e. The number of amides is 4. The molecular formula is C16H15N3O4. The van der Waals surface area contributed by atoms with Gasteiger partial charge in [0.25, 0.3) is 5.91 Å². The Bertz CT molecular complexity index is 741. The van der Waals surface area contributed by atoms with E-state index in [4.69, 9.17) is 0 Å². The lowest BCUT2D eigenvalue weighted by Gasteiger charge is -2.29. The van der Waals surface area contributed by atoms with Gasteiger partial charge in [0.15, 0.2) is 0 Å². The van der Waals surface area contributed by atoms with Gasteiger partial charge in [0.1, 0.15) is 6.04 Å². The number of imide groups is 1. The van der Waals surface area contributed by atoms with Crippen LogP contribution in [0.15, 0.2) is 30.9 Å². The van der Waals surface area contributed by atoms with Gasteiger partial charge in [-0.15, -0.1) is 0 Å². The van der Waals surface area contributed by atoms with E-state index in [0.717, 1.165) is 11.6 Å². The molecule has 23 heavy (non-hydrogen) atoms. The first-order valence-electron chi connectivity index (χ1n) is 7.20. The molecular weight excluding hydrogens is 298 g/mol. The van der Waals surface area contributed by atoms with Crippen molar-refractivity contribution in [2.45, 2.75) is 25.4 Å². The van der Waals surface area contributed by atoms with Gasteiger partial charge >= 0.3 is 0 Å². The van der Waals surface area contributed by atoms with Crippen LogP contribution in [0.25, 0.3) is 0 Å². The molecule has 2 heterocycles. The summed E-state index contributed by atoms with van der Waals surface area (Å²) in [4.78, 5) is 48.5. The molecule has 0 spiro atoms. The van der Waals surface area contributed by atoms with Crippen molar-refractivity contribution in [1.29, 1.82) is 0 Å². The van der Waals surface area contributed by atoms with Crippen LogP contribution in [-0.4, -0.2) is 34.6 Å². The number of fused-ring (bicyclic) bond motifs is 1. The molecule has 2 aliphatic heterocycles. The quantitative estimate of drug-likeness (QED) is 0.630. The predicted molar refractivity (Wildman–Crippen MR) is 81.3 cm³/mol. The number of benzene rings is 1. The van der Waals surface area contributed by atoms with Gasteiger partial charge in [0.2, 0.25) is 17.7 Å². The Morgan fingerprint density at radius 3 is 2.83 bits per heavy atom. The summed E-state index contributed by atoms with van der Waals surface area (Å²) < 4.78 is 0. The molecule has 2 aliphatic rings. The number of nitrogens with one attached hydrogen (secondary N) is 2. The number of hydrogen-bond donors (Lipinski definition) is 2. The Morgan fingerprint density at radius 1 is 1.35 bits per heavy atom. The molecule has 7 heteroatoms. The Balaban J connectivity index is 1.82. The minimum atomic E-state index is -0.640. The first kappa shape index (κ1) is 15.0. The highest BCUT2D eigenvalue weighted by Gasteiger charge is 2.39. The van der Waals surface area contributed by atoms with Crippen LogP contribution in [0.1, 0.15) is 28.8 Å². The van der Waals surface area contributed by atoms with Gasteiger partial charge in [-0.1, -0.05) is 12.6 Å². The van der Waals surface area contributed by atoms with E-state index in [1.807, 2.05) is 0 Å². The van der Waals surface area contributed by atoms with Crippen LogP contribution < -0.4 is 10.6 Å². The highest BCUT2D eigenvalue weighted by Crippen LogP contribution is 2.29. The maximum atomic E-state index is 12.6. The molecule has 1 unspecified atom stereocenters. The molecule has 0 bridgehead atoms. The Morgan fingerprint density at radius 2 is 2.13 bits per heavy atom. The monoisotopic (exact) mass is 313 g/mol. The molecule has 1 aromatic carbocycles. The van der Waals surface area contributed by atoms with Gasteiger partial charge in [0.05, 0.1) is 0 Å². The average Bonchev–Trinajstić information content (AvgIpc) is 2.84. The summed E-state index contributed by atoms with van der Waals surface area (Å²) >= 11 is 0. The zero-order valence-corrected chi connectivity index (χ0v) is 12.3. The van der Waals surface area contributed by atoms with Crippen LogP contribution in [0.2, 0.25) is 0 Å². The van der Waals surface area contributed by atoms with Gasteiger partial charge in [-0.2, -0.15) is 0 Å². The number of nitrogens with zero attached hydrogens (tertiary/aromatic N) is 1. The average molecular weight is 313 g/mol. The molecule has 1 aromatic rings. The molecule has 3 rings (SSSR count). The van der Waals surface area contributed by atoms with Crippen LogP contribution in [-0.2, 0) is 20.9 Å². The van der Waals surface area contributed by atoms with Crippen molar-refractivity contribution in [3.05, 3.63) is 42.0 Å². The predicted octanol–water partition coefficient (Wildman–Crippen LogP) is 0.572. The second-order valence-corrected chi connectivity index (χ2v) is 5.47. The van der Waals surface area contributed by atoms with Gasteiger partial charge in [-0.05, 0) is 30.2 Å². The molecule has 4 amide bonds. The van der Waals surface area contributed by atoms with E-state index in [2.05, 4.69) is 17.2 Å². The fraction of sp³-hybridized carbons (Fsp3) is 0.250. The van der Waals surface area contributed by atoms with Crippen molar-refractivity contribution in [2.24, 2.45) is 0 Å². The molecule has 1 fully saturated rings. The SMILES string of the molecule is C=CC(=O)Nc1ccc2c(c1)C(=O)N(C1CCC(=O)NC1=O)C2. The van der Waals surface area contributed by atoms with Crippen molar-refractivity contribution in [3.8, 4) is 0 Å². The van der Waals surface area contributed by atoms with Gasteiger partial charge in [-0.25, -0.2) is 0 Å². The molecule has 2 N–H and O–H groups in total. The van der Waals surface area contributed by atoms with Crippen molar-refractivity contribution in [1.82, 2.24) is 10.2 Å². The Hall–Kier alpha value is -2.96. The molecule has 0 aromatic heterocycles. The number of carbonyl (C=O) groups is 4. The summed E-state index contributed by atoms with van der Waals surface area (Å²) in [5.74, 6) is -1.39. The van der Waals surface area contributed by atoms with Crippen molar-refractivity contribution in [2.75, 3.05) is 5.32 Å². The summed E-state index contributed by atoms with van der Waals surface area (Å²) in [6.45, 7) is 3.69. The fourth-order valence-corrected chi connectivity index (χ4v) is 2.83. The lowest BCUT2D eigenvalue weighted by Crippen LogP contribution is -2.52. The summed E-state index contributed by atoms with van der Waals surface area (Å²) in [6.07, 6.45) is 1.69. The van der Waals surface area contributed by atoms with Gasteiger partial charge in [0, 0.05) is 24.2 Å². The van der Waals surface area contributed by atoms with Crippen molar-refractivity contribution < 1.29 is 19.2 Å². The molecule has 118 valence electrons. The van der Waals surface area contributed by atoms with E-state index in [9.17, 15) is 19.2 Å². The maximum absolute atomic E-state index is 12.6. The molecule has 0 radical (unpaired) electrons. The third-order valence-corrected chi connectivity index (χ3v) is 3.98. The second kappa shape index (κ2) is 5.68.